The predicted octanol–water partition coefficient (Wildman–Crippen LogP) is 3.06. The van der Waals surface area contributed by atoms with Crippen molar-refractivity contribution in [3.8, 4) is 5.75 Å². The molecule has 0 heterocycles. The van der Waals surface area contributed by atoms with Crippen molar-refractivity contribution < 1.29 is 17.9 Å². The van der Waals surface area contributed by atoms with Crippen LogP contribution in [-0.4, -0.2) is 26.7 Å². The number of anilines is 1. The molecule has 0 atom stereocenters. The molecule has 0 spiro atoms. The maximum absolute atomic E-state index is 12.1. The third-order valence-corrected chi connectivity index (χ3v) is 5.76. The van der Waals surface area contributed by atoms with Crippen LogP contribution >= 0.6 is 0 Å². The lowest BCUT2D eigenvalue weighted by atomic mass is 10.1. The molecule has 0 saturated carbocycles. The molecule has 0 saturated heterocycles. The number of rotatable bonds is 6. The SMILES string of the molecule is COc1cccc(CC(=O)Nc2ccc(S(=O)(=O)C(C)C)cc2)c1. The van der Waals surface area contributed by atoms with E-state index in [2.05, 4.69) is 5.32 Å². The summed E-state index contributed by atoms with van der Waals surface area (Å²) in [5.74, 6) is 0.520. The lowest BCUT2D eigenvalue weighted by molar-refractivity contribution is -0.115. The minimum atomic E-state index is -3.30. The van der Waals surface area contributed by atoms with Crippen LogP contribution < -0.4 is 10.1 Å². The molecular formula is C18H21NO4S. The summed E-state index contributed by atoms with van der Waals surface area (Å²) in [5.41, 5.74) is 1.40. The standard InChI is InChI=1S/C18H21NO4S/c1-13(2)24(21,22)17-9-7-15(8-10-17)19-18(20)12-14-5-4-6-16(11-14)23-3/h4-11,13H,12H2,1-3H3,(H,19,20). The summed E-state index contributed by atoms with van der Waals surface area (Å²) in [5, 5.41) is 2.28. The van der Waals surface area contributed by atoms with E-state index in [1.807, 2.05) is 18.2 Å². The van der Waals surface area contributed by atoms with Gasteiger partial charge in [-0.15, -0.1) is 0 Å². The second kappa shape index (κ2) is 7.49. The van der Waals surface area contributed by atoms with Crippen molar-refractivity contribution in [1.82, 2.24) is 0 Å². The number of amides is 1. The predicted molar refractivity (Wildman–Crippen MR) is 94.1 cm³/mol. The highest BCUT2D eigenvalue weighted by Crippen LogP contribution is 2.19. The maximum atomic E-state index is 12.1. The van der Waals surface area contributed by atoms with Crippen molar-refractivity contribution >= 4 is 21.4 Å². The van der Waals surface area contributed by atoms with E-state index >= 15 is 0 Å². The van der Waals surface area contributed by atoms with Crippen molar-refractivity contribution in [3.05, 3.63) is 54.1 Å². The van der Waals surface area contributed by atoms with Gasteiger partial charge >= 0.3 is 0 Å². The zero-order valence-corrected chi connectivity index (χ0v) is 14.8. The first-order valence-electron chi connectivity index (χ1n) is 7.59. The van der Waals surface area contributed by atoms with E-state index in [1.165, 1.54) is 12.1 Å². The average Bonchev–Trinajstić information content (AvgIpc) is 2.55. The van der Waals surface area contributed by atoms with Crippen LogP contribution in [0.5, 0.6) is 5.75 Å². The molecule has 0 bridgehead atoms. The number of benzene rings is 2. The maximum Gasteiger partial charge on any atom is 0.228 e. The number of hydrogen-bond donors (Lipinski definition) is 1. The molecule has 24 heavy (non-hydrogen) atoms. The van der Waals surface area contributed by atoms with E-state index in [0.717, 1.165) is 5.56 Å². The second-order valence-electron chi connectivity index (χ2n) is 5.69. The quantitative estimate of drug-likeness (QED) is 0.872. The molecule has 1 amide bonds. The first kappa shape index (κ1) is 18.0. The van der Waals surface area contributed by atoms with Crippen LogP contribution in [0.2, 0.25) is 0 Å². The molecule has 0 radical (unpaired) electrons. The molecule has 0 unspecified atom stereocenters. The first-order valence-corrected chi connectivity index (χ1v) is 9.14. The number of nitrogens with one attached hydrogen (secondary N) is 1. The van der Waals surface area contributed by atoms with Crippen LogP contribution in [-0.2, 0) is 21.1 Å². The third-order valence-electron chi connectivity index (χ3n) is 3.59. The third kappa shape index (κ3) is 4.35. The fraction of sp³-hybridized carbons (Fsp3) is 0.278. The molecule has 0 aromatic heterocycles. The molecule has 2 aromatic rings. The molecule has 1 N–H and O–H groups in total. The van der Waals surface area contributed by atoms with E-state index < -0.39 is 15.1 Å². The Labute approximate surface area is 142 Å². The molecule has 5 nitrogen and oxygen atoms in total. The van der Waals surface area contributed by atoms with Crippen molar-refractivity contribution in [2.24, 2.45) is 0 Å². The van der Waals surface area contributed by atoms with Gasteiger partial charge in [0.05, 0.1) is 23.7 Å². The van der Waals surface area contributed by atoms with Crippen molar-refractivity contribution in [2.75, 3.05) is 12.4 Å². The first-order chi connectivity index (χ1) is 11.3. The van der Waals surface area contributed by atoms with Gasteiger partial charge in [-0.2, -0.15) is 0 Å². The Balaban J connectivity index is 2.04. The molecule has 2 rings (SSSR count). The summed E-state index contributed by atoms with van der Waals surface area (Å²) in [7, 11) is -1.73. The number of sulfone groups is 1. The van der Waals surface area contributed by atoms with Gasteiger partial charge in [0.25, 0.3) is 0 Å². The summed E-state index contributed by atoms with van der Waals surface area (Å²) in [4.78, 5) is 12.4. The van der Waals surface area contributed by atoms with Crippen LogP contribution in [0.3, 0.4) is 0 Å². The zero-order valence-electron chi connectivity index (χ0n) is 13.9. The molecule has 2 aromatic carbocycles. The normalized spacial score (nSPS) is 11.3. The van der Waals surface area contributed by atoms with Gasteiger partial charge in [-0.25, -0.2) is 8.42 Å². The van der Waals surface area contributed by atoms with E-state index in [1.54, 1.807) is 39.2 Å². The van der Waals surface area contributed by atoms with Gasteiger partial charge in [0, 0.05) is 5.69 Å². The van der Waals surface area contributed by atoms with Crippen LogP contribution in [0.25, 0.3) is 0 Å². The summed E-state index contributed by atoms with van der Waals surface area (Å²) < 4.78 is 29.3. The topological polar surface area (TPSA) is 72.5 Å². The van der Waals surface area contributed by atoms with E-state index in [4.69, 9.17) is 4.74 Å². The number of carbonyl (C=O) groups excluding carboxylic acids is 1. The van der Waals surface area contributed by atoms with Crippen LogP contribution in [0, 0.1) is 0 Å². The number of carbonyl (C=O) groups is 1. The number of ether oxygens (including phenoxy) is 1. The Morgan fingerprint density at radius 2 is 1.79 bits per heavy atom. The van der Waals surface area contributed by atoms with Gasteiger partial charge in [-0.1, -0.05) is 12.1 Å². The molecule has 0 fully saturated rings. The highest BCUT2D eigenvalue weighted by molar-refractivity contribution is 7.92. The van der Waals surface area contributed by atoms with Gasteiger partial charge in [0.1, 0.15) is 5.75 Å². The molecule has 0 aliphatic rings. The fourth-order valence-electron chi connectivity index (χ4n) is 2.17. The molecule has 0 aliphatic carbocycles. The second-order valence-corrected chi connectivity index (χ2v) is 8.20. The highest BCUT2D eigenvalue weighted by Gasteiger charge is 2.18. The van der Waals surface area contributed by atoms with E-state index in [9.17, 15) is 13.2 Å². The Morgan fingerprint density at radius 1 is 1.12 bits per heavy atom. The average molecular weight is 347 g/mol. The smallest absolute Gasteiger partial charge is 0.228 e. The van der Waals surface area contributed by atoms with Crippen LogP contribution in [0.15, 0.2) is 53.4 Å². The highest BCUT2D eigenvalue weighted by atomic mass is 32.2. The minimum Gasteiger partial charge on any atom is -0.497 e. The van der Waals surface area contributed by atoms with Gasteiger partial charge in [0.15, 0.2) is 9.84 Å². The molecular weight excluding hydrogens is 326 g/mol. The lowest BCUT2D eigenvalue weighted by Gasteiger charge is -2.10. The minimum absolute atomic E-state index is 0.178. The molecule has 0 aliphatic heterocycles. The van der Waals surface area contributed by atoms with E-state index in [0.29, 0.717) is 11.4 Å². The summed E-state index contributed by atoms with van der Waals surface area (Å²) in [6.07, 6.45) is 0.212. The summed E-state index contributed by atoms with van der Waals surface area (Å²) >= 11 is 0. The fourth-order valence-corrected chi connectivity index (χ4v) is 3.23. The monoisotopic (exact) mass is 347 g/mol. The Kier molecular flexibility index (Phi) is 5.62. The Hall–Kier alpha value is -2.34. The number of methoxy groups -OCH3 is 1. The van der Waals surface area contributed by atoms with Crippen molar-refractivity contribution in [1.29, 1.82) is 0 Å². The van der Waals surface area contributed by atoms with Gasteiger partial charge in [-0.05, 0) is 55.8 Å². The zero-order chi connectivity index (χ0) is 17.7. The summed E-state index contributed by atoms with van der Waals surface area (Å²) in [6.45, 7) is 3.28. The molecule has 6 heteroatoms. The van der Waals surface area contributed by atoms with E-state index in [-0.39, 0.29) is 17.2 Å². The largest absolute Gasteiger partial charge is 0.497 e. The van der Waals surface area contributed by atoms with Crippen LogP contribution in [0.4, 0.5) is 5.69 Å². The van der Waals surface area contributed by atoms with Crippen molar-refractivity contribution in [3.63, 3.8) is 0 Å². The van der Waals surface area contributed by atoms with Crippen molar-refractivity contribution in [2.45, 2.75) is 30.4 Å². The lowest BCUT2D eigenvalue weighted by Crippen LogP contribution is -2.15. The van der Waals surface area contributed by atoms with Gasteiger partial charge in [-0.3, -0.25) is 4.79 Å². The van der Waals surface area contributed by atoms with Gasteiger partial charge < -0.3 is 10.1 Å². The Morgan fingerprint density at radius 3 is 2.38 bits per heavy atom. The molecule has 128 valence electrons. The summed E-state index contributed by atoms with van der Waals surface area (Å²) in [6, 6.07) is 13.5. The van der Waals surface area contributed by atoms with Gasteiger partial charge in [0.2, 0.25) is 5.91 Å². The Bertz CT molecular complexity index is 811. The number of hydrogen-bond acceptors (Lipinski definition) is 4. The van der Waals surface area contributed by atoms with Crippen LogP contribution in [0.1, 0.15) is 19.4 Å².